The molecule has 0 bridgehead atoms. The van der Waals surface area contributed by atoms with E-state index in [0.29, 0.717) is 27.7 Å². The summed E-state index contributed by atoms with van der Waals surface area (Å²) >= 11 is 6.16. The van der Waals surface area contributed by atoms with Crippen LogP contribution in [0.4, 0.5) is 5.69 Å². The van der Waals surface area contributed by atoms with Gasteiger partial charge in [0, 0.05) is 5.39 Å². The van der Waals surface area contributed by atoms with E-state index in [2.05, 4.69) is 10.3 Å². The first-order valence-corrected chi connectivity index (χ1v) is 8.52. The Labute approximate surface area is 155 Å². The summed E-state index contributed by atoms with van der Waals surface area (Å²) in [4.78, 5) is 17.6. The molecule has 2 heterocycles. The van der Waals surface area contributed by atoms with Gasteiger partial charge in [-0.15, -0.1) is 0 Å². The smallest absolute Gasteiger partial charge is 0.256 e. The Morgan fingerprint density at radius 3 is 2.58 bits per heavy atom. The monoisotopic (exact) mass is 362 g/mol. The van der Waals surface area contributed by atoms with E-state index in [9.17, 15) is 4.79 Å². The van der Waals surface area contributed by atoms with Gasteiger partial charge in [-0.05, 0) is 43.3 Å². The largest absolute Gasteiger partial charge is 0.460 e. The highest BCUT2D eigenvalue weighted by Gasteiger charge is 2.16. The lowest BCUT2D eigenvalue weighted by atomic mass is 10.1. The minimum absolute atomic E-state index is 0.249. The van der Waals surface area contributed by atoms with Crippen LogP contribution in [0.1, 0.15) is 16.1 Å². The molecule has 1 N–H and O–H groups in total. The molecule has 0 fully saturated rings. The first-order chi connectivity index (χ1) is 12.6. The van der Waals surface area contributed by atoms with Crippen molar-refractivity contribution in [2.75, 3.05) is 5.32 Å². The molecule has 2 aromatic heterocycles. The van der Waals surface area contributed by atoms with Crippen LogP contribution in [0.25, 0.3) is 22.4 Å². The van der Waals surface area contributed by atoms with Gasteiger partial charge in [-0.1, -0.05) is 41.9 Å². The van der Waals surface area contributed by atoms with E-state index in [-0.39, 0.29) is 5.91 Å². The molecule has 1 amide bonds. The molecule has 0 spiro atoms. The Morgan fingerprint density at radius 1 is 1.04 bits per heavy atom. The molecule has 0 aliphatic heterocycles. The number of amides is 1. The SMILES string of the molecule is Cc1ccc(-c2cc(C(=O)Nc3ccccc3Cl)c3ccccc3n2)o1. The van der Waals surface area contributed by atoms with E-state index >= 15 is 0 Å². The van der Waals surface area contributed by atoms with Gasteiger partial charge in [0.1, 0.15) is 11.5 Å². The van der Waals surface area contributed by atoms with Crippen molar-refractivity contribution in [2.45, 2.75) is 6.92 Å². The van der Waals surface area contributed by atoms with Crippen molar-refractivity contribution in [3.05, 3.63) is 83.1 Å². The van der Waals surface area contributed by atoms with E-state index in [1.54, 1.807) is 18.2 Å². The number of hydrogen-bond acceptors (Lipinski definition) is 3. The normalized spacial score (nSPS) is 10.8. The molecule has 128 valence electrons. The van der Waals surface area contributed by atoms with Crippen LogP contribution in [0, 0.1) is 6.92 Å². The maximum atomic E-state index is 12.9. The summed E-state index contributed by atoms with van der Waals surface area (Å²) in [6.07, 6.45) is 0. The van der Waals surface area contributed by atoms with Gasteiger partial charge < -0.3 is 9.73 Å². The first kappa shape index (κ1) is 16.4. The number of furan rings is 1. The van der Waals surface area contributed by atoms with Gasteiger partial charge >= 0.3 is 0 Å². The number of para-hydroxylation sites is 2. The molecule has 4 rings (SSSR count). The van der Waals surface area contributed by atoms with Crippen LogP contribution in [0.15, 0.2) is 71.1 Å². The van der Waals surface area contributed by atoms with Gasteiger partial charge in [0.2, 0.25) is 0 Å². The van der Waals surface area contributed by atoms with Gasteiger partial charge in [0.25, 0.3) is 5.91 Å². The molecule has 0 aliphatic carbocycles. The summed E-state index contributed by atoms with van der Waals surface area (Å²) in [7, 11) is 0. The quantitative estimate of drug-likeness (QED) is 0.508. The number of rotatable bonds is 3. The van der Waals surface area contributed by atoms with Gasteiger partial charge in [-0.25, -0.2) is 4.98 Å². The summed E-state index contributed by atoms with van der Waals surface area (Å²) < 4.78 is 5.68. The highest BCUT2D eigenvalue weighted by atomic mass is 35.5. The molecule has 2 aromatic carbocycles. The Balaban J connectivity index is 1.82. The fourth-order valence-corrected chi connectivity index (χ4v) is 3.00. The number of fused-ring (bicyclic) bond motifs is 1. The Bertz CT molecular complexity index is 1120. The number of carbonyl (C=O) groups excluding carboxylic acids is 1. The number of aryl methyl sites for hydroxylation is 1. The van der Waals surface area contributed by atoms with E-state index in [1.165, 1.54) is 0 Å². The molecule has 4 nitrogen and oxygen atoms in total. The van der Waals surface area contributed by atoms with Gasteiger partial charge in [0.15, 0.2) is 5.76 Å². The van der Waals surface area contributed by atoms with Crippen molar-refractivity contribution >= 4 is 34.1 Å². The first-order valence-electron chi connectivity index (χ1n) is 8.14. The standard InChI is InChI=1S/C21H15ClN2O2/c1-13-10-11-20(26-13)19-12-15(14-6-2-4-8-17(14)23-19)21(25)24-18-9-5-3-7-16(18)22/h2-12H,1H3,(H,24,25). The van der Waals surface area contributed by atoms with Crippen LogP contribution in [-0.4, -0.2) is 10.9 Å². The van der Waals surface area contributed by atoms with Gasteiger partial charge in [0.05, 0.1) is 21.8 Å². The van der Waals surface area contributed by atoms with Crippen LogP contribution in [0.5, 0.6) is 0 Å². The third-order valence-electron chi connectivity index (χ3n) is 4.08. The highest BCUT2D eigenvalue weighted by Crippen LogP contribution is 2.28. The van der Waals surface area contributed by atoms with Crippen molar-refractivity contribution in [2.24, 2.45) is 0 Å². The van der Waals surface area contributed by atoms with Crippen molar-refractivity contribution in [1.29, 1.82) is 0 Å². The van der Waals surface area contributed by atoms with Crippen molar-refractivity contribution in [1.82, 2.24) is 4.98 Å². The predicted octanol–water partition coefficient (Wildman–Crippen LogP) is 5.71. The highest BCUT2D eigenvalue weighted by molar-refractivity contribution is 6.34. The number of benzene rings is 2. The Kier molecular flexibility index (Phi) is 4.19. The molecule has 0 atom stereocenters. The molecule has 0 saturated carbocycles. The average molecular weight is 363 g/mol. The second-order valence-corrected chi connectivity index (χ2v) is 6.32. The number of hydrogen-bond donors (Lipinski definition) is 1. The number of pyridine rings is 1. The maximum Gasteiger partial charge on any atom is 0.256 e. The summed E-state index contributed by atoms with van der Waals surface area (Å²) in [5, 5.41) is 4.13. The number of halogens is 1. The average Bonchev–Trinajstić information content (AvgIpc) is 3.09. The van der Waals surface area contributed by atoms with Crippen LogP contribution < -0.4 is 5.32 Å². The Morgan fingerprint density at radius 2 is 1.81 bits per heavy atom. The minimum atomic E-state index is -0.249. The second-order valence-electron chi connectivity index (χ2n) is 5.92. The minimum Gasteiger partial charge on any atom is -0.460 e. The molecular formula is C21H15ClN2O2. The molecule has 0 aliphatic rings. The van der Waals surface area contributed by atoms with Crippen molar-refractivity contribution in [3.8, 4) is 11.5 Å². The van der Waals surface area contributed by atoms with Crippen molar-refractivity contribution in [3.63, 3.8) is 0 Å². The summed E-state index contributed by atoms with van der Waals surface area (Å²) in [6.45, 7) is 1.87. The lowest BCUT2D eigenvalue weighted by Gasteiger charge is -2.10. The van der Waals surface area contributed by atoms with Gasteiger partial charge in [-0.3, -0.25) is 4.79 Å². The third kappa shape index (κ3) is 3.07. The number of nitrogens with zero attached hydrogens (tertiary/aromatic N) is 1. The fourth-order valence-electron chi connectivity index (χ4n) is 2.81. The molecular weight excluding hydrogens is 348 g/mol. The zero-order valence-electron chi connectivity index (χ0n) is 14.0. The molecule has 0 saturated heterocycles. The Hall–Kier alpha value is -3.11. The zero-order valence-corrected chi connectivity index (χ0v) is 14.7. The number of carbonyl (C=O) groups is 1. The lowest BCUT2D eigenvalue weighted by molar-refractivity contribution is 0.102. The number of nitrogens with one attached hydrogen (secondary N) is 1. The number of aromatic nitrogens is 1. The molecule has 0 unspecified atom stereocenters. The third-order valence-corrected chi connectivity index (χ3v) is 4.41. The summed E-state index contributed by atoms with van der Waals surface area (Å²) in [6, 6.07) is 20.1. The molecule has 4 aromatic rings. The van der Waals surface area contributed by atoms with Gasteiger partial charge in [-0.2, -0.15) is 0 Å². The van der Waals surface area contributed by atoms with E-state index in [4.69, 9.17) is 16.0 Å². The lowest BCUT2D eigenvalue weighted by Crippen LogP contribution is -2.13. The van der Waals surface area contributed by atoms with Crippen LogP contribution in [0.3, 0.4) is 0 Å². The predicted molar refractivity (Wildman–Crippen MR) is 104 cm³/mol. The summed E-state index contributed by atoms with van der Waals surface area (Å²) in [5.74, 6) is 1.17. The maximum absolute atomic E-state index is 12.9. The van der Waals surface area contributed by atoms with E-state index in [1.807, 2.05) is 55.5 Å². The van der Waals surface area contributed by atoms with Crippen LogP contribution in [0.2, 0.25) is 5.02 Å². The van der Waals surface area contributed by atoms with E-state index in [0.717, 1.165) is 16.7 Å². The van der Waals surface area contributed by atoms with Crippen molar-refractivity contribution < 1.29 is 9.21 Å². The van der Waals surface area contributed by atoms with E-state index < -0.39 is 0 Å². The molecule has 26 heavy (non-hydrogen) atoms. The molecule has 5 heteroatoms. The van der Waals surface area contributed by atoms with Crippen LogP contribution in [-0.2, 0) is 0 Å². The topological polar surface area (TPSA) is 55.1 Å². The number of anilines is 1. The second kappa shape index (κ2) is 6.65. The summed E-state index contributed by atoms with van der Waals surface area (Å²) in [5.41, 5.74) is 2.42. The zero-order chi connectivity index (χ0) is 18.1. The molecule has 0 radical (unpaired) electrons. The fraction of sp³-hybridized carbons (Fsp3) is 0.0476. The van der Waals surface area contributed by atoms with Crippen LogP contribution >= 0.6 is 11.6 Å².